The normalized spacial score (nSPS) is 31.7. The number of fused-ring (bicyclic) bond motifs is 2. The van der Waals surface area contributed by atoms with Gasteiger partial charge in [-0.2, -0.15) is 0 Å². The van der Waals surface area contributed by atoms with Gasteiger partial charge in [0, 0.05) is 24.9 Å². The highest BCUT2D eigenvalue weighted by Crippen LogP contribution is 2.48. The summed E-state index contributed by atoms with van der Waals surface area (Å²) in [5.41, 5.74) is 0. The van der Waals surface area contributed by atoms with E-state index in [2.05, 4.69) is 10.6 Å². The molecule has 6 nitrogen and oxygen atoms in total. The Morgan fingerprint density at radius 2 is 1.83 bits per heavy atom. The van der Waals surface area contributed by atoms with Crippen molar-refractivity contribution < 1.29 is 19.1 Å². The molecule has 0 heterocycles. The number of rotatable bonds is 7. The summed E-state index contributed by atoms with van der Waals surface area (Å²) in [6.07, 6.45) is 6.16. The molecule has 4 atom stereocenters. The van der Waals surface area contributed by atoms with Crippen LogP contribution < -0.4 is 10.6 Å². The van der Waals surface area contributed by atoms with E-state index in [1.165, 1.54) is 7.11 Å². The Kier molecular flexibility index (Phi) is 4.87. The van der Waals surface area contributed by atoms with Crippen LogP contribution in [0.2, 0.25) is 0 Å². The van der Waals surface area contributed by atoms with Gasteiger partial charge in [0.15, 0.2) is 0 Å². The van der Waals surface area contributed by atoms with E-state index >= 15 is 0 Å². The highest BCUT2D eigenvalue weighted by Gasteiger charge is 2.51. The third-order valence-electron chi connectivity index (χ3n) is 5.55. The molecule has 2 bridgehead atoms. The van der Waals surface area contributed by atoms with Crippen LogP contribution in [-0.4, -0.2) is 37.5 Å². The van der Waals surface area contributed by atoms with Gasteiger partial charge in [-0.3, -0.25) is 14.4 Å². The zero-order valence-electron chi connectivity index (χ0n) is 13.7. The van der Waals surface area contributed by atoms with Gasteiger partial charge in [-0.05, 0) is 50.4 Å². The molecule has 2 N–H and O–H groups in total. The summed E-state index contributed by atoms with van der Waals surface area (Å²) in [7, 11) is 1.41. The van der Waals surface area contributed by atoms with Gasteiger partial charge in [0.05, 0.1) is 13.0 Å². The average Bonchev–Trinajstić information content (AvgIpc) is 3.21. The Morgan fingerprint density at radius 1 is 1.09 bits per heavy atom. The average molecular weight is 322 g/mol. The lowest BCUT2D eigenvalue weighted by Gasteiger charge is -2.29. The van der Waals surface area contributed by atoms with Gasteiger partial charge in [-0.1, -0.05) is 0 Å². The maximum Gasteiger partial charge on any atom is 0.311 e. The van der Waals surface area contributed by atoms with Gasteiger partial charge < -0.3 is 15.4 Å². The molecule has 3 aliphatic carbocycles. The summed E-state index contributed by atoms with van der Waals surface area (Å²) in [6, 6.07) is -0.0743. The van der Waals surface area contributed by atoms with E-state index < -0.39 is 0 Å². The van der Waals surface area contributed by atoms with Crippen LogP contribution in [0.4, 0.5) is 0 Å². The number of hydrogen-bond donors (Lipinski definition) is 2. The van der Waals surface area contributed by atoms with Crippen LogP contribution in [0.1, 0.15) is 44.9 Å². The maximum atomic E-state index is 12.1. The number of esters is 1. The zero-order valence-corrected chi connectivity index (χ0v) is 13.7. The van der Waals surface area contributed by atoms with Crippen molar-refractivity contribution in [2.24, 2.45) is 23.7 Å². The fraction of sp³-hybridized carbons (Fsp3) is 0.824. The molecule has 3 rings (SSSR count). The van der Waals surface area contributed by atoms with Gasteiger partial charge >= 0.3 is 5.97 Å². The van der Waals surface area contributed by atoms with Crippen LogP contribution in [0.5, 0.6) is 0 Å². The summed E-state index contributed by atoms with van der Waals surface area (Å²) >= 11 is 0. The van der Waals surface area contributed by atoms with E-state index in [-0.39, 0.29) is 35.7 Å². The quantitative estimate of drug-likeness (QED) is 0.541. The van der Waals surface area contributed by atoms with Crippen molar-refractivity contribution in [1.29, 1.82) is 0 Å². The predicted octanol–water partition coefficient (Wildman–Crippen LogP) is 0.997. The van der Waals surface area contributed by atoms with Crippen molar-refractivity contribution in [2.75, 3.05) is 13.7 Å². The Bertz CT molecular complexity index is 489. The van der Waals surface area contributed by atoms with Crippen molar-refractivity contribution in [3.8, 4) is 0 Å². The molecule has 23 heavy (non-hydrogen) atoms. The second-order valence-corrected chi connectivity index (χ2v) is 7.14. The minimum atomic E-state index is -0.195. The predicted molar refractivity (Wildman–Crippen MR) is 83.2 cm³/mol. The van der Waals surface area contributed by atoms with Crippen LogP contribution in [0, 0.1) is 23.7 Å². The number of hydrogen-bond acceptors (Lipinski definition) is 4. The molecule has 0 aromatic carbocycles. The monoisotopic (exact) mass is 322 g/mol. The largest absolute Gasteiger partial charge is 0.469 e. The first kappa shape index (κ1) is 16.3. The van der Waals surface area contributed by atoms with E-state index in [1.54, 1.807) is 0 Å². The summed E-state index contributed by atoms with van der Waals surface area (Å²) in [5, 5.41) is 5.91. The van der Waals surface area contributed by atoms with Crippen molar-refractivity contribution in [2.45, 2.75) is 51.0 Å². The summed E-state index contributed by atoms with van der Waals surface area (Å²) < 4.78 is 4.91. The summed E-state index contributed by atoms with van der Waals surface area (Å²) in [5.74, 6) is 0.676. The van der Waals surface area contributed by atoms with E-state index in [9.17, 15) is 14.4 Å². The van der Waals surface area contributed by atoms with Crippen LogP contribution in [0.3, 0.4) is 0 Å². The molecule has 0 saturated heterocycles. The lowest BCUT2D eigenvalue weighted by Crippen LogP contribution is -2.47. The molecular weight excluding hydrogens is 296 g/mol. The first-order valence-corrected chi connectivity index (χ1v) is 8.75. The first-order chi connectivity index (χ1) is 11.1. The van der Waals surface area contributed by atoms with Crippen LogP contribution in [0.25, 0.3) is 0 Å². The van der Waals surface area contributed by atoms with Gasteiger partial charge in [0.1, 0.15) is 0 Å². The Labute approximate surface area is 136 Å². The van der Waals surface area contributed by atoms with Gasteiger partial charge in [-0.15, -0.1) is 0 Å². The van der Waals surface area contributed by atoms with Crippen molar-refractivity contribution in [3.05, 3.63) is 0 Å². The standard InChI is InChI=1S/C17H26N2O4/c1-23-17(22)14-11-6-7-12(9-11)15(14)19-13(20)3-2-8-18-16(21)10-4-5-10/h10-12,14-15H,2-9H2,1H3,(H,18,21)(H,19,20)/t11-,12-,14-,15-/m0/s1. The summed E-state index contributed by atoms with van der Waals surface area (Å²) in [6.45, 7) is 0.542. The number of ether oxygens (including phenoxy) is 1. The molecule has 0 aromatic heterocycles. The van der Waals surface area contributed by atoms with Crippen LogP contribution in [-0.2, 0) is 19.1 Å². The van der Waals surface area contributed by atoms with Crippen LogP contribution in [0.15, 0.2) is 0 Å². The second kappa shape index (κ2) is 6.89. The van der Waals surface area contributed by atoms with Crippen molar-refractivity contribution in [3.63, 3.8) is 0 Å². The Balaban J connectivity index is 1.41. The van der Waals surface area contributed by atoms with E-state index in [0.717, 1.165) is 32.1 Å². The van der Waals surface area contributed by atoms with Gasteiger partial charge in [0.2, 0.25) is 11.8 Å². The molecule has 0 radical (unpaired) electrons. The molecule has 2 amide bonds. The third kappa shape index (κ3) is 3.67. The molecule has 3 fully saturated rings. The fourth-order valence-electron chi connectivity index (χ4n) is 4.18. The molecule has 0 aromatic rings. The molecule has 0 spiro atoms. The van der Waals surface area contributed by atoms with Crippen molar-refractivity contribution in [1.82, 2.24) is 10.6 Å². The Morgan fingerprint density at radius 3 is 2.52 bits per heavy atom. The molecule has 3 saturated carbocycles. The van der Waals surface area contributed by atoms with Crippen LogP contribution >= 0.6 is 0 Å². The number of amides is 2. The topological polar surface area (TPSA) is 84.5 Å². The number of carbonyl (C=O) groups is 3. The molecule has 128 valence electrons. The Hall–Kier alpha value is -1.59. The lowest BCUT2D eigenvalue weighted by atomic mass is 9.84. The fourth-order valence-corrected chi connectivity index (χ4v) is 4.18. The van der Waals surface area contributed by atoms with Crippen molar-refractivity contribution >= 4 is 17.8 Å². The van der Waals surface area contributed by atoms with Gasteiger partial charge in [-0.25, -0.2) is 0 Å². The molecular formula is C17H26N2O4. The number of methoxy groups -OCH3 is 1. The summed E-state index contributed by atoms with van der Waals surface area (Å²) in [4.78, 5) is 35.6. The highest BCUT2D eigenvalue weighted by atomic mass is 16.5. The maximum absolute atomic E-state index is 12.1. The number of carbonyl (C=O) groups excluding carboxylic acids is 3. The van der Waals surface area contributed by atoms with Gasteiger partial charge in [0.25, 0.3) is 0 Å². The second-order valence-electron chi connectivity index (χ2n) is 7.14. The van der Waals surface area contributed by atoms with E-state index in [4.69, 9.17) is 4.74 Å². The van der Waals surface area contributed by atoms with E-state index in [1.807, 2.05) is 0 Å². The molecule has 3 aliphatic rings. The first-order valence-electron chi connectivity index (χ1n) is 8.75. The SMILES string of the molecule is COC(=O)[C@H]1[C@H]2CC[C@@H](C2)[C@@H]1NC(=O)CCCNC(=O)C1CC1. The molecule has 0 unspecified atom stereocenters. The minimum absolute atomic E-state index is 0.0304. The number of nitrogens with one attached hydrogen (secondary N) is 2. The molecule has 0 aliphatic heterocycles. The highest BCUT2D eigenvalue weighted by molar-refractivity contribution is 5.81. The smallest absolute Gasteiger partial charge is 0.311 e. The molecule has 6 heteroatoms. The minimum Gasteiger partial charge on any atom is -0.469 e. The third-order valence-corrected chi connectivity index (χ3v) is 5.55. The van der Waals surface area contributed by atoms with E-state index in [0.29, 0.717) is 31.2 Å². The lowest BCUT2D eigenvalue weighted by molar-refractivity contribution is -0.148. The zero-order chi connectivity index (χ0) is 16.4.